The molecular formula is C25H26F2N6O. The molecule has 0 bridgehead atoms. The number of rotatable bonds is 3. The second kappa shape index (κ2) is 8.67. The normalized spacial score (nSPS) is 20.7. The Morgan fingerprint density at radius 3 is 2.74 bits per heavy atom. The Labute approximate surface area is 196 Å². The monoisotopic (exact) mass is 464 g/mol. The third-order valence-corrected chi connectivity index (χ3v) is 6.90. The molecule has 2 aromatic heterocycles. The first-order chi connectivity index (χ1) is 16.4. The van der Waals surface area contributed by atoms with Crippen molar-refractivity contribution in [1.29, 1.82) is 5.26 Å². The van der Waals surface area contributed by atoms with Crippen molar-refractivity contribution in [3.05, 3.63) is 58.4 Å². The molecule has 3 aromatic rings. The Bertz CT molecular complexity index is 1310. The number of piperidine rings is 1. The van der Waals surface area contributed by atoms with E-state index < -0.39 is 23.1 Å². The summed E-state index contributed by atoms with van der Waals surface area (Å²) in [6.45, 7) is 5.32. The molecule has 4 heterocycles. The highest BCUT2D eigenvalue weighted by molar-refractivity contribution is 5.95. The number of aromatic nitrogens is 3. The summed E-state index contributed by atoms with van der Waals surface area (Å²) in [7, 11) is 0. The summed E-state index contributed by atoms with van der Waals surface area (Å²) in [5.74, 6) is -1.48. The fourth-order valence-corrected chi connectivity index (χ4v) is 5.04. The van der Waals surface area contributed by atoms with Crippen LogP contribution in [0.4, 0.5) is 14.6 Å². The molecule has 0 radical (unpaired) electrons. The minimum absolute atomic E-state index is 0.00196. The van der Waals surface area contributed by atoms with Crippen molar-refractivity contribution >= 4 is 17.4 Å². The Morgan fingerprint density at radius 2 is 1.97 bits per heavy atom. The highest BCUT2D eigenvalue weighted by atomic mass is 19.1. The maximum absolute atomic E-state index is 14.7. The van der Waals surface area contributed by atoms with Crippen molar-refractivity contribution in [3.63, 3.8) is 0 Å². The van der Waals surface area contributed by atoms with Crippen LogP contribution in [0.15, 0.2) is 24.4 Å². The van der Waals surface area contributed by atoms with Crippen molar-refractivity contribution < 1.29 is 13.6 Å². The van der Waals surface area contributed by atoms with Crippen LogP contribution >= 0.6 is 0 Å². The molecule has 2 aliphatic heterocycles. The lowest BCUT2D eigenvalue weighted by Gasteiger charge is -2.35. The first kappa shape index (κ1) is 22.3. The van der Waals surface area contributed by atoms with Gasteiger partial charge in [-0.2, -0.15) is 10.4 Å². The van der Waals surface area contributed by atoms with Crippen LogP contribution in [0.1, 0.15) is 58.9 Å². The van der Waals surface area contributed by atoms with Gasteiger partial charge >= 0.3 is 0 Å². The number of likely N-dealkylation sites (tertiary alicyclic amines) is 1. The zero-order valence-corrected chi connectivity index (χ0v) is 19.3. The SMILES string of the molecule is Cc1cn2nc([C@@H]3CCCCN3C(=O)c3c(F)ccc(C)c3F)cc2nc1N1CCC(C#N)C1. The molecule has 2 saturated heterocycles. The van der Waals surface area contributed by atoms with Crippen LogP contribution in [0, 0.1) is 42.7 Å². The predicted molar refractivity (Wildman–Crippen MR) is 122 cm³/mol. The Balaban J connectivity index is 1.49. The largest absolute Gasteiger partial charge is 0.355 e. The first-order valence-electron chi connectivity index (χ1n) is 11.6. The number of amides is 1. The summed E-state index contributed by atoms with van der Waals surface area (Å²) in [4.78, 5) is 21.8. The molecule has 176 valence electrons. The van der Waals surface area contributed by atoms with E-state index in [4.69, 9.17) is 4.98 Å². The van der Waals surface area contributed by atoms with Crippen LogP contribution in [0.3, 0.4) is 0 Å². The second-order valence-electron chi connectivity index (χ2n) is 9.24. The second-order valence-corrected chi connectivity index (χ2v) is 9.24. The third-order valence-electron chi connectivity index (χ3n) is 6.90. The molecule has 0 aliphatic carbocycles. The quantitative estimate of drug-likeness (QED) is 0.576. The van der Waals surface area contributed by atoms with Gasteiger partial charge in [0.25, 0.3) is 5.91 Å². The van der Waals surface area contributed by atoms with Gasteiger partial charge in [-0.1, -0.05) is 6.07 Å². The van der Waals surface area contributed by atoms with E-state index in [2.05, 4.69) is 16.1 Å². The number of nitriles is 1. The number of hydrogen-bond acceptors (Lipinski definition) is 5. The van der Waals surface area contributed by atoms with E-state index in [-0.39, 0.29) is 17.5 Å². The van der Waals surface area contributed by atoms with Crippen LogP contribution in [0.25, 0.3) is 5.65 Å². The number of halogens is 2. The molecular weight excluding hydrogens is 438 g/mol. The van der Waals surface area contributed by atoms with Gasteiger partial charge in [0.1, 0.15) is 23.0 Å². The molecule has 34 heavy (non-hydrogen) atoms. The lowest BCUT2D eigenvalue weighted by atomic mass is 9.97. The predicted octanol–water partition coefficient (Wildman–Crippen LogP) is 4.34. The van der Waals surface area contributed by atoms with Crippen molar-refractivity contribution in [3.8, 4) is 6.07 Å². The zero-order chi connectivity index (χ0) is 24.0. The van der Waals surface area contributed by atoms with Crippen molar-refractivity contribution in [1.82, 2.24) is 19.5 Å². The maximum atomic E-state index is 14.7. The number of benzene rings is 1. The van der Waals surface area contributed by atoms with E-state index in [1.54, 1.807) is 4.52 Å². The Morgan fingerprint density at radius 1 is 1.15 bits per heavy atom. The molecule has 1 aromatic carbocycles. The summed E-state index contributed by atoms with van der Waals surface area (Å²) in [6, 6.07) is 6.26. The van der Waals surface area contributed by atoms with Gasteiger partial charge < -0.3 is 9.80 Å². The highest BCUT2D eigenvalue weighted by Gasteiger charge is 2.34. The van der Waals surface area contributed by atoms with E-state index in [0.717, 1.165) is 43.3 Å². The summed E-state index contributed by atoms with van der Waals surface area (Å²) in [6.07, 6.45) is 5.03. The average molecular weight is 465 g/mol. The Hall–Kier alpha value is -3.54. The lowest BCUT2D eigenvalue weighted by Crippen LogP contribution is -2.39. The van der Waals surface area contributed by atoms with E-state index in [9.17, 15) is 18.8 Å². The van der Waals surface area contributed by atoms with Gasteiger partial charge in [-0.15, -0.1) is 0 Å². The number of aryl methyl sites for hydroxylation is 2. The van der Waals surface area contributed by atoms with Crippen molar-refractivity contribution in [2.45, 2.75) is 45.6 Å². The number of hydrogen-bond donors (Lipinski definition) is 0. The van der Waals surface area contributed by atoms with Crippen LogP contribution in [0.2, 0.25) is 0 Å². The molecule has 9 heteroatoms. The molecule has 0 N–H and O–H groups in total. The Kier molecular flexibility index (Phi) is 5.68. The van der Waals surface area contributed by atoms with E-state index in [1.807, 2.05) is 19.2 Å². The first-order valence-corrected chi connectivity index (χ1v) is 11.6. The summed E-state index contributed by atoms with van der Waals surface area (Å²) >= 11 is 0. The number of carbonyl (C=O) groups is 1. The van der Waals surface area contributed by atoms with Crippen molar-refractivity contribution in [2.24, 2.45) is 5.92 Å². The number of anilines is 1. The van der Waals surface area contributed by atoms with E-state index in [1.165, 1.54) is 17.9 Å². The molecule has 2 fully saturated rings. The van der Waals surface area contributed by atoms with E-state index in [0.29, 0.717) is 30.9 Å². The summed E-state index contributed by atoms with van der Waals surface area (Å²) in [5.41, 5.74) is 1.97. The third kappa shape index (κ3) is 3.77. The van der Waals surface area contributed by atoms with Gasteiger partial charge in [0.15, 0.2) is 5.65 Å². The molecule has 0 spiro atoms. The van der Waals surface area contributed by atoms with Crippen LogP contribution in [-0.2, 0) is 0 Å². The average Bonchev–Trinajstić information content (AvgIpc) is 3.47. The fourth-order valence-electron chi connectivity index (χ4n) is 5.04. The summed E-state index contributed by atoms with van der Waals surface area (Å²) in [5, 5.41) is 13.9. The van der Waals surface area contributed by atoms with Gasteiger partial charge in [0.2, 0.25) is 0 Å². The molecule has 1 unspecified atom stereocenters. The highest BCUT2D eigenvalue weighted by Crippen LogP contribution is 2.34. The van der Waals surface area contributed by atoms with Crippen LogP contribution < -0.4 is 4.90 Å². The molecule has 5 rings (SSSR count). The topological polar surface area (TPSA) is 77.5 Å². The van der Waals surface area contributed by atoms with Gasteiger partial charge in [-0.3, -0.25) is 4.79 Å². The zero-order valence-electron chi connectivity index (χ0n) is 19.3. The van der Waals surface area contributed by atoms with E-state index >= 15 is 0 Å². The standard InChI is InChI=1S/C25H26F2N6O/c1-15-6-7-18(26)22(23(15)27)25(34)32-9-4-3-5-20(32)19-11-21-29-24(16(2)13-33(21)30-19)31-10-8-17(12-28)14-31/h6-7,11,13,17,20H,3-5,8-10,14H2,1-2H3/t17?,20-/m0/s1. The van der Waals surface area contributed by atoms with Crippen molar-refractivity contribution in [2.75, 3.05) is 24.5 Å². The minimum atomic E-state index is -0.851. The van der Waals surface area contributed by atoms with Gasteiger partial charge in [0, 0.05) is 37.5 Å². The van der Waals surface area contributed by atoms with Crippen LogP contribution in [0.5, 0.6) is 0 Å². The molecule has 1 amide bonds. The molecule has 2 aliphatic rings. The smallest absolute Gasteiger partial charge is 0.260 e. The number of carbonyl (C=O) groups excluding carboxylic acids is 1. The van der Waals surface area contributed by atoms with Gasteiger partial charge in [-0.05, 0) is 51.2 Å². The lowest BCUT2D eigenvalue weighted by molar-refractivity contribution is 0.0595. The maximum Gasteiger partial charge on any atom is 0.260 e. The van der Waals surface area contributed by atoms with Crippen LogP contribution in [-0.4, -0.2) is 45.0 Å². The fraction of sp³-hybridized carbons (Fsp3) is 0.440. The summed E-state index contributed by atoms with van der Waals surface area (Å²) < 4.78 is 30.9. The van der Waals surface area contributed by atoms with Gasteiger partial charge in [-0.25, -0.2) is 18.3 Å². The minimum Gasteiger partial charge on any atom is -0.355 e. The van der Waals surface area contributed by atoms with Gasteiger partial charge in [0.05, 0.1) is 23.7 Å². The number of nitrogens with zero attached hydrogens (tertiary/aromatic N) is 6. The molecule has 2 atom stereocenters. The number of fused-ring (bicyclic) bond motifs is 1. The molecule has 0 saturated carbocycles. The molecule has 7 nitrogen and oxygen atoms in total.